The van der Waals surface area contributed by atoms with Crippen molar-refractivity contribution in [1.29, 1.82) is 0 Å². The van der Waals surface area contributed by atoms with E-state index in [-0.39, 0.29) is 0 Å². The Hall–Kier alpha value is -0.0800. The Labute approximate surface area is 106 Å². The summed E-state index contributed by atoms with van der Waals surface area (Å²) in [6.45, 7) is 3.13. The predicted octanol–water partition coefficient (Wildman–Crippen LogP) is 2.48. The van der Waals surface area contributed by atoms with Crippen LogP contribution in [-0.2, 0) is 0 Å². The Kier molecular flexibility index (Phi) is 3.20. The fourth-order valence-corrected chi connectivity index (χ4v) is 5.36. The summed E-state index contributed by atoms with van der Waals surface area (Å²) in [7, 11) is 2.23. The van der Waals surface area contributed by atoms with E-state index in [1.54, 1.807) is 38.5 Å². The van der Waals surface area contributed by atoms with E-state index in [1.807, 2.05) is 0 Å². The Balaban J connectivity index is 1.58. The van der Waals surface area contributed by atoms with Crippen LogP contribution in [0.15, 0.2) is 0 Å². The van der Waals surface area contributed by atoms with Gasteiger partial charge in [0.1, 0.15) is 0 Å². The van der Waals surface area contributed by atoms with Crippen LogP contribution in [0.4, 0.5) is 0 Å². The summed E-state index contributed by atoms with van der Waals surface area (Å²) in [5.41, 5.74) is 6.37. The van der Waals surface area contributed by atoms with E-state index < -0.39 is 0 Å². The van der Waals surface area contributed by atoms with Gasteiger partial charge in [0, 0.05) is 13.1 Å². The lowest BCUT2D eigenvalue weighted by atomic mass is 9.49. The third-order valence-corrected chi connectivity index (χ3v) is 5.70. The van der Waals surface area contributed by atoms with Gasteiger partial charge in [0.05, 0.1) is 0 Å². The van der Waals surface area contributed by atoms with Crippen molar-refractivity contribution in [3.05, 3.63) is 0 Å². The van der Waals surface area contributed by atoms with Crippen molar-refractivity contribution >= 4 is 0 Å². The summed E-state index contributed by atoms with van der Waals surface area (Å²) in [5.74, 6) is 3.29. The highest BCUT2D eigenvalue weighted by Gasteiger charge is 2.50. The molecule has 98 valence electrons. The van der Waals surface area contributed by atoms with Crippen LogP contribution < -0.4 is 5.73 Å². The number of nitrogens with zero attached hydrogens (tertiary/aromatic N) is 1. The highest BCUT2D eigenvalue weighted by molar-refractivity contribution is 5.01. The number of nitrogens with two attached hydrogens (primary N) is 1. The van der Waals surface area contributed by atoms with Crippen molar-refractivity contribution in [2.75, 3.05) is 26.7 Å². The first-order chi connectivity index (χ1) is 8.19. The molecular weight excluding hydrogens is 208 g/mol. The standard InChI is InChI=1S/C15H28N2/c1-17(5-3-16)4-2-15-9-12-6-13(10-15)8-14(7-12)11-15/h12-14H,2-11,16H2,1H3. The fourth-order valence-electron chi connectivity index (χ4n) is 5.36. The highest BCUT2D eigenvalue weighted by atomic mass is 15.1. The summed E-state index contributed by atoms with van der Waals surface area (Å²) >= 11 is 0. The average Bonchev–Trinajstić information content (AvgIpc) is 2.25. The van der Waals surface area contributed by atoms with Crippen LogP contribution in [0.1, 0.15) is 44.9 Å². The van der Waals surface area contributed by atoms with Crippen molar-refractivity contribution in [3.8, 4) is 0 Å². The van der Waals surface area contributed by atoms with Gasteiger partial charge in [0.2, 0.25) is 0 Å². The number of hydrogen-bond acceptors (Lipinski definition) is 2. The first kappa shape index (κ1) is 12.0. The summed E-state index contributed by atoms with van der Waals surface area (Å²) in [4.78, 5) is 2.43. The molecule has 4 rings (SSSR count). The molecule has 0 saturated heterocycles. The van der Waals surface area contributed by atoms with Gasteiger partial charge in [0.15, 0.2) is 0 Å². The third-order valence-electron chi connectivity index (χ3n) is 5.70. The molecule has 0 spiro atoms. The molecule has 0 unspecified atom stereocenters. The molecule has 4 saturated carbocycles. The van der Waals surface area contributed by atoms with Gasteiger partial charge in [-0.15, -0.1) is 0 Å². The smallest absolute Gasteiger partial charge is 0.0102 e. The van der Waals surface area contributed by atoms with Crippen LogP contribution in [0.5, 0.6) is 0 Å². The zero-order valence-electron chi connectivity index (χ0n) is 11.3. The molecule has 17 heavy (non-hydrogen) atoms. The first-order valence-corrected chi connectivity index (χ1v) is 7.58. The minimum absolute atomic E-state index is 0.748. The fraction of sp³-hybridized carbons (Fsp3) is 1.00. The van der Waals surface area contributed by atoms with E-state index in [2.05, 4.69) is 11.9 Å². The van der Waals surface area contributed by atoms with Crippen LogP contribution in [0.2, 0.25) is 0 Å². The minimum atomic E-state index is 0.748. The van der Waals surface area contributed by atoms with Crippen molar-refractivity contribution < 1.29 is 0 Å². The predicted molar refractivity (Wildman–Crippen MR) is 71.8 cm³/mol. The summed E-state index contributed by atoms with van der Waals surface area (Å²) < 4.78 is 0. The Bertz CT molecular complexity index is 239. The summed E-state index contributed by atoms with van der Waals surface area (Å²) in [5, 5.41) is 0. The van der Waals surface area contributed by atoms with E-state index in [4.69, 9.17) is 5.73 Å². The lowest BCUT2D eigenvalue weighted by Crippen LogP contribution is -2.47. The van der Waals surface area contributed by atoms with Gasteiger partial charge in [-0.3, -0.25) is 0 Å². The quantitative estimate of drug-likeness (QED) is 0.794. The van der Waals surface area contributed by atoms with Gasteiger partial charge in [-0.2, -0.15) is 0 Å². The van der Waals surface area contributed by atoms with E-state index >= 15 is 0 Å². The summed E-state index contributed by atoms with van der Waals surface area (Å²) in [6.07, 6.45) is 10.8. The second-order valence-electron chi connectivity index (χ2n) is 7.26. The van der Waals surface area contributed by atoms with Crippen molar-refractivity contribution in [2.24, 2.45) is 28.9 Å². The van der Waals surface area contributed by atoms with E-state index in [1.165, 1.54) is 13.0 Å². The lowest BCUT2D eigenvalue weighted by Gasteiger charge is -2.57. The molecule has 2 N–H and O–H groups in total. The number of likely N-dealkylation sites (N-methyl/N-ethyl adjacent to an activating group) is 1. The zero-order valence-corrected chi connectivity index (χ0v) is 11.3. The van der Waals surface area contributed by atoms with Crippen LogP contribution in [0.25, 0.3) is 0 Å². The van der Waals surface area contributed by atoms with Gasteiger partial charge in [-0.1, -0.05) is 0 Å². The van der Waals surface area contributed by atoms with Crippen LogP contribution in [0, 0.1) is 23.2 Å². The van der Waals surface area contributed by atoms with Crippen molar-refractivity contribution in [2.45, 2.75) is 44.9 Å². The second kappa shape index (κ2) is 4.55. The van der Waals surface area contributed by atoms with Gasteiger partial charge in [0.25, 0.3) is 0 Å². The third kappa shape index (κ3) is 2.39. The topological polar surface area (TPSA) is 29.3 Å². The zero-order chi connectivity index (χ0) is 11.9. The largest absolute Gasteiger partial charge is 0.329 e. The lowest BCUT2D eigenvalue weighted by molar-refractivity contribution is -0.0601. The maximum atomic E-state index is 5.62. The minimum Gasteiger partial charge on any atom is -0.329 e. The summed E-state index contributed by atoms with van der Waals surface area (Å²) in [6, 6.07) is 0. The number of rotatable bonds is 5. The molecular formula is C15H28N2. The van der Waals surface area contributed by atoms with E-state index in [0.29, 0.717) is 0 Å². The Morgan fingerprint density at radius 3 is 2.00 bits per heavy atom. The Morgan fingerprint density at radius 2 is 1.53 bits per heavy atom. The molecule has 2 nitrogen and oxygen atoms in total. The van der Waals surface area contributed by atoms with Gasteiger partial charge < -0.3 is 10.6 Å². The SMILES string of the molecule is CN(CCN)CCC12CC3CC(CC(C3)C1)C2. The van der Waals surface area contributed by atoms with Crippen LogP contribution in [-0.4, -0.2) is 31.6 Å². The van der Waals surface area contributed by atoms with Gasteiger partial charge >= 0.3 is 0 Å². The molecule has 0 atom stereocenters. The molecule has 0 aromatic carbocycles. The van der Waals surface area contributed by atoms with Gasteiger partial charge in [-0.25, -0.2) is 0 Å². The molecule has 0 aromatic heterocycles. The average molecular weight is 236 g/mol. The van der Waals surface area contributed by atoms with Crippen LogP contribution in [0.3, 0.4) is 0 Å². The molecule has 0 amide bonds. The van der Waals surface area contributed by atoms with Crippen molar-refractivity contribution in [3.63, 3.8) is 0 Å². The molecule has 2 heteroatoms. The second-order valence-corrected chi connectivity index (χ2v) is 7.26. The van der Waals surface area contributed by atoms with Crippen LogP contribution >= 0.6 is 0 Å². The maximum Gasteiger partial charge on any atom is 0.0102 e. The Morgan fingerprint density at radius 1 is 1.00 bits per heavy atom. The molecule has 0 heterocycles. The normalized spacial score (nSPS) is 43.6. The first-order valence-electron chi connectivity index (χ1n) is 7.58. The molecule has 0 radical (unpaired) electrons. The molecule has 4 fully saturated rings. The molecule has 0 aromatic rings. The number of hydrogen-bond donors (Lipinski definition) is 1. The van der Waals surface area contributed by atoms with E-state index in [0.717, 1.165) is 36.3 Å². The van der Waals surface area contributed by atoms with Crippen molar-refractivity contribution in [1.82, 2.24) is 4.90 Å². The maximum absolute atomic E-state index is 5.62. The molecule has 4 aliphatic rings. The molecule has 4 bridgehead atoms. The van der Waals surface area contributed by atoms with Gasteiger partial charge in [-0.05, 0) is 81.7 Å². The van der Waals surface area contributed by atoms with E-state index in [9.17, 15) is 0 Å². The molecule has 4 aliphatic carbocycles. The molecule has 0 aliphatic heterocycles. The monoisotopic (exact) mass is 236 g/mol. The highest BCUT2D eigenvalue weighted by Crippen LogP contribution is 2.61.